The molecule has 0 aliphatic carbocycles. The quantitative estimate of drug-likeness (QED) is 0.392. The molecule has 2 aromatic heterocycles. The second kappa shape index (κ2) is 10.0. The molecule has 0 saturated heterocycles. The standard InChI is InChI=1S/C25H28N6O/c1-3-5-9-22-18-29(16-6-4-2)25(32)30(22)17-20-12-14-21(15-13-20)23-10-7-8-11-24(23)31-19-26-27-28-31/h5,7-15,18-19H,3-4,6,16-17H2,1-2H3. The fourth-order valence-electron chi connectivity index (χ4n) is 3.73. The van der Waals surface area contributed by atoms with Crippen molar-refractivity contribution in [1.82, 2.24) is 29.3 Å². The highest BCUT2D eigenvalue weighted by Gasteiger charge is 2.11. The summed E-state index contributed by atoms with van der Waals surface area (Å²) in [6, 6.07) is 16.3. The maximum atomic E-state index is 13.0. The highest BCUT2D eigenvalue weighted by molar-refractivity contribution is 5.72. The Bertz CT molecular complexity index is 1230. The first-order valence-corrected chi connectivity index (χ1v) is 11.1. The number of hydrogen-bond donors (Lipinski definition) is 0. The summed E-state index contributed by atoms with van der Waals surface area (Å²) in [6.07, 6.45) is 10.7. The van der Waals surface area contributed by atoms with E-state index in [4.69, 9.17) is 0 Å². The van der Waals surface area contributed by atoms with Crippen LogP contribution < -0.4 is 5.69 Å². The van der Waals surface area contributed by atoms with E-state index in [0.717, 1.165) is 53.9 Å². The second-order valence-electron chi connectivity index (χ2n) is 7.75. The van der Waals surface area contributed by atoms with E-state index in [-0.39, 0.29) is 5.69 Å². The zero-order valence-electron chi connectivity index (χ0n) is 18.6. The molecule has 2 aromatic carbocycles. The SMILES string of the molecule is CCC=Cc1cn(CCCC)c(=O)n1Cc1ccc(-c2ccccc2-n2cnnn2)cc1. The number of allylic oxidation sites excluding steroid dienone is 1. The number of tetrazole rings is 1. The Morgan fingerprint density at radius 1 is 1.03 bits per heavy atom. The van der Waals surface area contributed by atoms with Gasteiger partial charge >= 0.3 is 5.69 Å². The van der Waals surface area contributed by atoms with Crippen molar-refractivity contribution in [2.45, 2.75) is 46.2 Å². The molecule has 0 bridgehead atoms. The number of hydrogen-bond acceptors (Lipinski definition) is 4. The Morgan fingerprint density at radius 2 is 1.84 bits per heavy atom. The molecule has 4 rings (SSSR count). The number of imidazole rings is 1. The van der Waals surface area contributed by atoms with Crippen molar-refractivity contribution >= 4 is 6.08 Å². The van der Waals surface area contributed by atoms with Crippen LogP contribution >= 0.6 is 0 Å². The number of unbranched alkanes of at least 4 members (excludes halogenated alkanes) is 1. The molecule has 0 amide bonds. The van der Waals surface area contributed by atoms with Gasteiger partial charge in [-0.05, 0) is 46.5 Å². The number of benzene rings is 2. The van der Waals surface area contributed by atoms with Crippen LogP contribution in [0.3, 0.4) is 0 Å². The van der Waals surface area contributed by atoms with Crippen LogP contribution in [0.15, 0.2) is 71.9 Å². The molecule has 0 aliphatic heterocycles. The van der Waals surface area contributed by atoms with Gasteiger partial charge in [0.15, 0.2) is 0 Å². The summed E-state index contributed by atoms with van der Waals surface area (Å²) in [7, 11) is 0. The third kappa shape index (κ3) is 4.61. The van der Waals surface area contributed by atoms with Crippen LogP contribution in [0, 0.1) is 0 Å². The minimum atomic E-state index is 0.0438. The van der Waals surface area contributed by atoms with Crippen LogP contribution in [-0.2, 0) is 13.1 Å². The van der Waals surface area contributed by atoms with E-state index in [9.17, 15) is 4.79 Å². The van der Waals surface area contributed by atoms with E-state index >= 15 is 0 Å². The van der Waals surface area contributed by atoms with E-state index in [2.05, 4.69) is 65.8 Å². The lowest BCUT2D eigenvalue weighted by atomic mass is 10.0. The van der Waals surface area contributed by atoms with Crippen LogP contribution in [0.1, 0.15) is 44.4 Å². The number of nitrogens with zero attached hydrogens (tertiary/aromatic N) is 6. The normalized spacial score (nSPS) is 11.4. The van der Waals surface area contributed by atoms with Gasteiger partial charge in [0.05, 0.1) is 17.9 Å². The zero-order valence-corrected chi connectivity index (χ0v) is 18.6. The maximum absolute atomic E-state index is 13.0. The van der Waals surface area contributed by atoms with Crippen LogP contribution in [0.4, 0.5) is 0 Å². The highest BCUT2D eigenvalue weighted by Crippen LogP contribution is 2.26. The Labute approximate surface area is 187 Å². The summed E-state index contributed by atoms with van der Waals surface area (Å²) >= 11 is 0. The van der Waals surface area contributed by atoms with Gasteiger partial charge < -0.3 is 0 Å². The van der Waals surface area contributed by atoms with E-state index < -0.39 is 0 Å². The molecule has 0 fully saturated rings. The third-order valence-corrected chi connectivity index (χ3v) is 5.46. The predicted octanol–water partition coefficient (Wildman–Crippen LogP) is 4.56. The largest absolute Gasteiger partial charge is 0.328 e. The molecule has 7 heteroatoms. The summed E-state index contributed by atoms with van der Waals surface area (Å²) < 4.78 is 5.34. The maximum Gasteiger partial charge on any atom is 0.328 e. The molecular weight excluding hydrogens is 400 g/mol. The van der Waals surface area contributed by atoms with Crippen molar-refractivity contribution in [3.8, 4) is 16.8 Å². The Morgan fingerprint density at radius 3 is 2.56 bits per heavy atom. The number of rotatable bonds is 9. The van der Waals surface area contributed by atoms with Gasteiger partial charge in [-0.2, -0.15) is 4.68 Å². The van der Waals surface area contributed by atoms with Gasteiger partial charge in [0.25, 0.3) is 0 Å². The topological polar surface area (TPSA) is 70.5 Å². The van der Waals surface area contributed by atoms with E-state index in [1.54, 1.807) is 11.0 Å². The summed E-state index contributed by atoms with van der Waals surface area (Å²) in [6.45, 7) is 5.52. The van der Waals surface area contributed by atoms with Gasteiger partial charge in [-0.1, -0.05) is 68.8 Å². The van der Waals surface area contributed by atoms with Gasteiger partial charge in [0, 0.05) is 18.3 Å². The molecule has 2 heterocycles. The molecule has 0 saturated carbocycles. The van der Waals surface area contributed by atoms with Crippen molar-refractivity contribution in [2.24, 2.45) is 0 Å². The number of para-hydroxylation sites is 1. The molecule has 0 N–H and O–H groups in total. The van der Waals surface area contributed by atoms with E-state index in [1.807, 2.05) is 39.6 Å². The van der Waals surface area contributed by atoms with Gasteiger partial charge in [-0.25, -0.2) is 4.79 Å². The molecule has 0 aliphatic rings. The minimum absolute atomic E-state index is 0.0438. The van der Waals surface area contributed by atoms with Gasteiger partial charge in [-0.15, -0.1) is 5.10 Å². The molecule has 0 atom stereocenters. The molecule has 0 unspecified atom stereocenters. The van der Waals surface area contributed by atoms with Gasteiger partial charge in [-0.3, -0.25) is 9.13 Å². The van der Waals surface area contributed by atoms with Crippen molar-refractivity contribution in [1.29, 1.82) is 0 Å². The molecule has 4 aromatic rings. The molecule has 0 spiro atoms. The average Bonchev–Trinajstić information content (AvgIpc) is 3.46. The lowest BCUT2D eigenvalue weighted by Gasteiger charge is -2.10. The Kier molecular flexibility index (Phi) is 6.75. The van der Waals surface area contributed by atoms with Gasteiger partial charge in [0.2, 0.25) is 0 Å². The van der Waals surface area contributed by atoms with Crippen LogP contribution in [0.25, 0.3) is 22.9 Å². The molecule has 32 heavy (non-hydrogen) atoms. The summed E-state index contributed by atoms with van der Waals surface area (Å²) in [5, 5.41) is 11.5. The van der Waals surface area contributed by atoms with Crippen molar-refractivity contribution < 1.29 is 0 Å². The van der Waals surface area contributed by atoms with Gasteiger partial charge in [0.1, 0.15) is 6.33 Å². The predicted molar refractivity (Wildman–Crippen MR) is 127 cm³/mol. The van der Waals surface area contributed by atoms with Crippen LogP contribution in [0.5, 0.6) is 0 Å². The number of aryl methyl sites for hydroxylation is 1. The first kappa shape index (κ1) is 21.5. The lowest BCUT2D eigenvalue weighted by molar-refractivity contribution is 0.594. The molecule has 164 valence electrons. The van der Waals surface area contributed by atoms with Crippen molar-refractivity contribution in [2.75, 3.05) is 0 Å². The fourth-order valence-corrected chi connectivity index (χ4v) is 3.73. The molecule has 0 radical (unpaired) electrons. The third-order valence-electron chi connectivity index (χ3n) is 5.46. The monoisotopic (exact) mass is 428 g/mol. The van der Waals surface area contributed by atoms with Crippen LogP contribution in [-0.4, -0.2) is 29.3 Å². The van der Waals surface area contributed by atoms with E-state index in [1.165, 1.54) is 0 Å². The fraction of sp³-hybridized carbons (Fsp3) is 0.280. The van der Waals surface area contributed by atoms with Crippen molar-refractivity contribution in [3.63, 3.8) is 0 Å². The van der Waals surface area contributed by atoms with Crippen molar-refractivity contribution in [3.05, 3.63) is 88.9 Å². The summed E-state index contributed by atoms with van der Waals surface area (Å²) in [5.41, 5.74) is 5.10. The first-order valence-electron chi connectivity index (χ1n) is 11.1. The average molecular weight is 429 g/mol. The number of aromatic nitrogens is 6. The highest BCUT2D eigenvalue weighted by atomic mass is 16.1. The molecular formula is C25H28N6O. The molecule has 7 nitrogen and oxygen atoms in total. The zero-order chi connectivity index (χ0) is 22.3. The summed E-state index contributed by atoms with van der Waals surface area (Å²) in [4.78, 5) is 13.0. The van der Waals surface area contributed by atoms with E-state index in [0.29, 0.717) is 6.54 Å². The minimum Gasteiger partial charge on any atom is -0.299 e. The van der Waals surface area contributed by atoms with Crippen LogP contribution in [0.2, 0.25) is 0 Å². The Balaban J connectivity index is 1.62. The first-order chi connectivity index (χ1) is 15.7. The lowest BCUT2D eigenvalue weighted by Crippen LogP contribution is -2.25. The summed E-state index contributed by atoms with van der Waals surface area (Å²) in [5.74, 6) is 0. The smallest absolute Gasteiger partial charge is 0.299 e. The Hall–Kier alpha value is -3.74. The second-order valence-corrected chi connectivity index (χ2v) is 7.75.